The van der Waals surface area contributed by atoms with E-state index in [4.69, 9.17) is 4.74 Å². The Morgan fingerprint density at radius 2 is 1.76 bits per heavy atom. The van der Waals surface area contributed by atoms with Gasteiger partial charge in [-0.2, -0.15) is 0 Å². The predicted molar refractivity (Wildman–Crippen MR) is 132 cm³/mol. The van der Waals surface area contributed by atoms with Crippen LogP contribution in [-0.4, -0.2) is 27.6 Å². The third kappa shape index (κ3) is 4.42. The summed E-state index contributed by atoms with van der Waals surface area (Å²) in [5.74, 6) is -0.884. The zero-order valence-electron chi connectivity index (χ0n) is 19.0. The number of aromatic nitrogens is 2. The average molecular weight is 478 g/mol. The molecule has 4 rings (SSSR count). The van der Waals surface area contributed by atoms with Crippen LogP contribution in [0.5, 0.6) is 0 Å². The number of benzene rings is 2. The van der Waals surface area contributed by atoms with Crippen molar-refractivity contribution in [3.8, 4) is 5.69 Å². The van der Waals surface area contributed by atoms with Gasteiger partial charge in [0.15, 0.2) is 0 Å². The van der Waals surface area contributed by atoms with E-state index >= 15 is 0 Å². The Bertz CT molecular complexity index is 1510. The van der Waals surface area contributed by atoms with Crippen molar-refractivity contribution in [2.45, 2.75) is 27.3 Å². The van der Waals surface area contributed by atoms with Gasteiger partial charge in [0, 0.05) is 5.69 Å². The second-order valence-electron chi connectivity index (χ2n) is 7.78. The fourth-order valence-corrected chi connectivity index (χ4v) is 4.58. The van der Waals surface area contributed by atoms with Crippen LogP contribution in [-0.2, 0) is 16.1 Å². The minimum Gasteiger partial charge on any atom is -0.462 e. The van der Waals surface area contributed by atoms with Crippen molar-refractivity contribution in [1.82, 2.24) is 9.13 Å². The number of fused-ring (bicyclic) bond motifs is 1. The van der Waals surface area contributed by atoms with E-state index in [0.29, 0.717) is 27.2 Å². The minimum atomic E-state index is -0.587. The number of nitrogens with one attached hydrogen (secondary N) is 1. The molecule has 0 atom stereocenters. The van der Waals surface area contributed by atoms with Crippen molar-refractivity contribution in [3.63, 3.8) is 0 Å². The van der Waals surface area contributed by atoms with Crippen LogP contribution in [0.1, 0.15) is 28.4 Å². The van der Waals surface area contributed by atoms with Gasteiger partial charge in [-0.3, -0.25) is 14.2 Å². The highest BCUT2D eigenvalue weighted by Crippen LogP contribution is 2.19. The fraction of sp³-hybridized carbons (Fsp3) is 0.200. The SMILES string of the molecule is CCOC(=O)c1ccc(NC(=O)Cn2c(=O)n(-c3ccc(C)cc3C)c(=O)c3sccc32)cc1. The van der Waals surface area contributed by atoms with E-state index in [0.717, 1.165) is 15.7 Å². The molecule has 2 heterocycles. The Labute approximate surface area is 199 Å². The van der Waals surface area contributed by atoms with Crippen molar-refractivity contribution in [1.29, 1.82) is 0 Å². The van der Waals surface area contributed by atoms with Gasteiger partial charge in [-0.05, 0) is 68.1 Å². The number of carbonyl (C=O) groups excluding carboxylic acids is 2. The molecule has 0 bridgehead atoms. The molecule has 2 aromatic heterocycles. The van der Waals surface area contributed by atoms with E-state index < -0.39 is 23.1 Å². The van der Waals surface area contributed by atoms with E-state index in [2.05, 4.69) is 5.32 Å². The Kier molecular flexibility index (Phi) is 6.47. The lowest BCUT2D eigenvalue weighted by atomic mass is 10.1. The van der Waals surface area contributed by atoms with Gasteiger partial charge in [0.05, 0.1) is 23.4 Å². The summed E-state index contributed by atoms with van der Waals surface area (Å²) in [6.45, 7) is 5.49. The molecule has 174 valence electrons. The Morgan fingerprint density at radius 3 is 2.44 bits per heavy atom. The number of nitrogens with zero attached hydrogens (tertiary/aromatic N) is 2. The van der Waals surface area contributed by atoms with Gasteiger partial charge in [-0.15, -0.1) is 11.3 Å². The predicted octanol–water partition coefficient (Wildman–Crippen LogP) is 3.65. The first-order valence-electron chi connectivity index (χ1n) is 10.7. The largest absolute Gasteiger partial charge is 0.462 e. The number of anilines is 1. The van der Waals surface area contributed by atoms with E-state index in [1.807, 2.05) is 26.0 Å². The van der Waals surface area contributed by atoms with Crippen LogP contribution < -0.4 is 16.6 Å². The maximum Gasteiger partial charge on any atom is 0.338 e. The van der Waals surface area contributed by atoms with Crippen molar-refractivity contribution in [2.24, 2.45) is 0 Å². The molecular formula is C25H23N3O5S. The Balaban J connectivity index is 1.68. The molecule has 34 heavy (non-hydrogen) atoms. The summed E-state index contributed by atoms with van der Waals surface area (Å²) in [6.07, 6.45) is 0. The van der Waals surface area contributed by atoms with Crippen LogP contribution in [0.4, 0.5) is 5.69 Å². The molecule has 0 saturated heterocycles. The number of esters is 1. The standard InChI is InChI=1S/C25H23N3O5S/c1-4-33-24(31)17-6-8-18(9-7-17)26-21(29)14-27-20-11-12-34-22(20)23(30)28(25(27)32)19-10-5-15(2)13-16(19)3/h5-13H,4,14H2,1-3H3,(H,26,29). The lowest BCUT2D eigenvalue weighted by Gasteiger charge is -2.14. The lowest BCUT2D eigenvalue weighted by Crippen LogP contribution is -2.40. The normalized spacial score (nSPS) is 10.9. The molecular weight excluding hydrogens is 454 g/mol. The van der Waals surface area contributed by atoms with Crippen molar-refractivity contribution >= 4 is 39.1 Å². The van der Waals surface area contributed by atoms with Crippen LogP contribution in [0, 0.1) is 13.8 Å². The number of amides is 1. The highest BCUT2D eigenvalue weighted by molar-refractivity contribution is 7.17. The average Bonchev–Trinajstić information content (AvgIpc) is 3.29. The number of carbonyl (C=O) groups is 2. The summed E-state index contributed by atoms with van der Waals surface area (Å²) in [5.41, 5.74) is 2.54. The van der Waals surface area contributed by atoms with E-state index in [9.17, 15) is 19.2 Å². The molecule has 0 spiro atoms. The van der Waals surface area contributed by atoms with Gasteiger partial charge < -0.3 is 10.1 Å². The maximum absolute atomic E-state index is 13.4. The number of aryl methyl sites for hydroxylation is 2. The molecule has 0 radical (unpaired) electrons. The summed E-state index contributed by atoms with van der Waals surface area (Å²) in [4.78, 5) is 51.2. The molecule has 0 fully saturated rings. The van der Waals surface area contributed by atoms with Crippen LogP contribution in [0.3, 0.4) is 0 Å². The molecule has 1 amide bonds. The molecule has 0 aliphatic heterocycles. The minimum absolute atomic E-state index is 0.271. The lowest BCUT2D eigenvalue weighted by molar-refractivity contribution is -0.116. The smallest absolute Gasteiger partial charge is 0.338 e. The summed E-state index contributed by atoms with van der Waals surface area (Å²) in [5, 5.41) is 4.45. The van der Waals surface area contributed by atoms with Crippen molar-refractivity contribution < 1.29 is 14.3 Å². The third-order valence-corrected chi connectivity index (χ3v) is 6.22. The van der Waals surface area contributed by atoms with Gasteiger partial charge in [-0.25, -0.2) is 14.2 Å². The highest BCUT2D eigenvalue weighted by atomic mass is 32.1. The number of ether oxygens (including phenoxy) is 1. The van der Waals surface area contributed by atoms with Crippen LogP contribution in [0.15, 0.2) is 63.5 Å². The van der Waals surface area contributed by atoms with Gasteiger partial charge in [0.25, 0.3) is 5.56 Å². The number of rotatable bonds is 6. The van der Waals surface area contributed by atoms with E-state index in [-0.39, 0.29) is 13.2 Å². The Morgan fingerprint density at radius 1 is 1.03 bits per heavy atom. The van der Waals surface area contributed by atoms with E-state index in [1.54, 1.807) is 48.7 Å². The molecule has 8 nitrogen and oxygen atoms in total. The molecule has 2 aromatic carbocycles. The van der Waals surface area contributed by atoms with Crippen LogP contribution >= 0.6 is 11.3 Å². The molecule has 0 unspecified atom stereocenters. The molecule has 9 heteroatoms. The third-order valence-electron chi connectivity index (χ3n) is 5.33. The topological polar surface area (TPSA) is 99.4 Å². The molecule has 0 saturated carbocycles. The first kappa shape index (κ1) is 23.2. The number of hydrogen-bond acceptors (Lipinski definition) is 6. The fourth-order valence-electron chi connectivity index (χ4n) is 3.76. The summed E-state index contributed by atoms with van der Waals surface area (Å²) < 4.78 is 7.77. The van der Waals surface area contributed by atoms with Crippen molar-refractivity contribution in [3.05, 3.63) is 91.4 Å². The molecule has 4 aromatic rings. The van der Waals surface area contributed by atoms with Crippen molar-refractivity contribution in [2.75, 3.05) is 11.9 Å². The zero-order chi connectivity index (χ0) is 24.4. The summed E-state index contributed by atoms with van der Waals surface area (Å²) in [7, 11) is 0. The Hall–Kier alpha value is -3.98. The number of thiophene rings is 1. The molecule has 0 aliphatic carbocycles. The molecule has 1 N–H and O–H groups in total. The molecule has 0 aliphatic rings. The van der Waals surface area contributed by atoms with Gasteiger partial charge in [0.1, 0.15) is 11.2 Å². The monoisotopic (exact) mass is 477 g/mol. The second-order valence-corrected chi connectivity index (χ2v) is 8.70. The van der Waals surface area contributed by atoms with E-state index in [1.165, 1.54) is 15.9 Å². The maximum atomic E-state index is 13.4. The summed E-state index contributed by atoms with van der Waals surface area (Å²) in [6, 6.07) is 13.4. The van der Waals surface area contributed by atoms with Gasteiger partial charge in [0.2, 0.25) is 5.91 Å². The van der Waals surface area contributed by atoms with Crippen LogP contribution in [0.2, 0.25) is 0 Å². The highest BCUT2D eigenvalue weighted by Gasteiger charge is 2.19. The second kappa shape index (κ2) is 9.48. The summed E-state index contributed by atoms with van der Waals surface area (Å²) >= 11 is 1.23. The van der Waals surface area contributed by atoms with Gasteiger partial charge in [-0.1, -0.05) is 17.7 Å². The first-order valence-corrected chi connectivity index (χ1v) is 11.6. The van der Waals surface area contributed by atoms with Crippen LogP contribution in [0.25, 0.3) is 15.9 Å². The number of hydrogen-bond donors (Lipinski definition) is 1. The first-order chi connectivity index (χ1) is 16.3. The van der Waals surface area contributed by atoms with Gasteiger partial charge >= 0.3 is 11.7 Å². The quantitative estimate of drug-likeness (QED) is 0.428. The zero-order valence-corrected chi connectivity index (χ0v) is 19.8.